The Bertz CT molecular complexity index is 415. The molecule has 0 aromatic carbocycles. The summed E-state index contributed by atoms with van der Waals surface area (Å²) in [5.74, 6) is 0.302. The highest BCUT2D eigenvalue weighted by Crippen LogP contribution is 2.30. The van der Waals surface area contributed by atoms with Gasteiger partial charge in [0.1, 0.15) is 11.8 Å². The second-order valence-corrected chi connectivity index (χ2v) is 4.80. The number of pyridine rings is 1. The highest BCUT2D eigenvalue weighted by molar-refractivity contribution is 5.18. The normalized spacial score (nSPS) is 24.2. The van der Waals surface area contributed by atoms with E-state index in [0.717, 1.165) is 31.7 Å². The van der Waals surface area contributed by atoms with Crippen molar-refractivity contribution in [1.82, 2.24) is 4.98 Å². The molecule has 1 saturated carbocycles. The van der Waals surface area contributed by atoms with E-state index < -0.39 is 11.9 Å². The van der Waals surface area contributed by atoms with Crippen LogP contribution < -0.4 is 4.74 Å². The lowest BCUT2D eigenvalue weighted by atomic mass is 9.88. The maximum atomic E-state index is 12.5. The molecule has 1 N–H and O–H groups in total. The van der Waals surface area contributed by atoms with E-state index >= 15 is 0 Å². The average molecular weight is 275 g/mol. The third-order valence-corrected chi connectivity index (χ3v) is 3.35. The second kappa shape index (κ2) is 5.77. The van der Waals surface area contributed by atoms with Gasteiger partial charge in [0.05, 0.1) is 0 Å². The van der Waals surface area contributed by atoms with Crippen LogP contribution in [0, 0.1) is 5.92 Å². The third kappa shape index (κ3) is 3.83. The lowest BCUT2D eigenvalue weighted by molar-refractivity contribution is -0.141. The van der Waals surface area contributed by atoms with Crippen molar-refractivity contribution < 1.29 is 23.0 Å². The summed E-state index contributed by atoms with van der Waals surface area (Å²) in [7, 11) is 0. The standard InChI is InChI=1S/C13H16F3NO2/c14-13(15,16)11-2-1-3-12(17-11)19-10-6-4-9(8-18)5-7-10/h1-3,9-10,18H,4-8H2. The summed E-state index contributed by atoms with van der Waals surface area (Å²) in [4.78, 5) is 3.48. The first-order valence-corrected chi connectivity index (χ1v) is 6.31. The maximum Gasteiger partial charge on any atom is 0.433 e. The number of halogens is 3. The van der Waals surface area contributed by atoms with Gasteiger partial charge in [-0.3, -0.25) is 0 Å². The molecule has 0 spiro atoms. The molecule has 0 atom stereocenters. The fourth-order valence-corrected chi connectivity index (χ4v) is 2.24. The lowest BCUT2D eigenvalue weighted by Crippen LogP contribution is -2.26. The molecule has 0 amide bonds. The van der Waals surface area contributed by atoms with Gasteiger partial charge in [-0.2, -0.15) is 13.2 Å². The highest BCUT2D eigenvalue weighted by atomic mass is 19.4. The summed E-state index contributed by atoms with van der Waals surface area (Å²) in [6.45, 7) is 0.161. The van der Waals surface area contributed by atoms with Gasteiger partial charge in [0.25, 0.3) is 0 Å². The molecular formula is C13H16F3NO2. The minimum atomic E-state index is -4.45. The molecule has 0 radical (unpaired) electrons. The number of nitrogens with zero attached hydrogens (tertiary/aromatic N) is 1. The molecule has 0 aliphatic heterocycles. The van der Waals surface area contributed by atoms with E-state index in [4.69, 9.17) is 9.84 Å². The molecule has 0 unspecified atom stereocenters. The van der Waals surface area contributed by atoms with E-state index in [1.54, 1.807) is 0 Å². The SMILES string of the molecule is OCC1CCC(Oc2cccc(C(F)(F)F)n2)CC1. The van der Waals surface area contributed by atoms with Gasteiger partial charge in [-0.25, -0.2) is 4.98 Å². The summed E-state index contributed by atoms with van der Waals surface area (Å²) in [6.07, 6.45) is -1.42. The first-order chi connectivity index (χ1) is 8.99. The fourth-order valence-electron chi connectivity index (χ4n) is 2.24. The maximum absolute atomic E-state index is 12.5. The smallest absolute Gasteiger partial charge is 0.433 e. The zero-order valence-electron chi connectivity index (χ0n) is 10.4. The van der Waals surface area contributed by atoms with Gasteiger partial charge in [0.2, 0.25) is 5.88 Å². The first-order valence-electron chi connectivity index (χ1n) is 6.31. The van der Waals surface area contributed by atoms with E-state index in [2.05, 4.69) is 4.98 Å². The predicted molar refractivity (Wildman–Crippen MR) is 62.7 cm³/mol. The van der Waals surface area contributed by atoms with E-state index in [-0.39, 0.29) is 24.5 Å². The third-order valence-electron chi connectivity index (χ3n) is 3.35. The molecule has 0 saturated heterocycles. The van der Waals surface area contributed by atoms with Crippen LogP contribution in [0.15, 0.2) is 18.2 Å². The Hall–Kier alpha value is -1.30. The molecule has 1 aromatic heterocycles. The number of aromatic nitrogens is 1. The first kappa shape index (κ1) is 14.1. The van der Waals surface area contributed by atoms with Crippen molar-refractivity contribution in [3.63, 3.8) is 0 Å². The lowest BCUT2D eigenvalue weighted by Gasteiger charge is -2.27. The molecule has 3 nitrogen and oxygen atoms in total. The molecule has 106 valence electrons. The van der Waals surface area contributed by atoms with Crippen molar-refractivity contribution >= 4 is 0 Å². The number of ether oxygens (including phenoxy) is 1. The van der Waals surface area contributed by atoms with Gasteiger partial charge in [-0.05, 0) is 37.7 Å². The van der Waals surface area contributed by atoms with E-state index in [1.807, 2.05) is 0 Å². The minimum absolute atomic E-state index is 0.0160. The Morgan fingerprint density at radius 3 is 2.47 bits per heavy atom. The number of hydrogen-bond donors (Lipinski definition) is 1. The number of hydrogen-bond acceptors (Lipinski definition) is 3. The summed E-state index contributed by atoms with van der Waals surface area (Å²) in [5, 5.41) is 9.01. The molecule has 1 aliphatic rings. The van der Waals surface area contributed by atoms with Crippen molar-refractivity contribution in [2.75, 3.05) is 6.61 Å². The van der Waals surface area contributed by atoms with Gasteiger partial charge in [-0.15, -0.1) is 0 Å². The molecule has 6 heteroatoms. The average Bonchev–Trinajstić information content (AvgIpc) is 2.39. The molecular weight excluding hydrogens is 259 g/mol. The van der Waals surface area contributed by atoms with Gasteiger partial charge in [0.15, 0.2) is 0 Å². The number of aliphatic hydroxyl groups excluding tert-OH is 1. The quantitative estimate of drug-likeness (QED) is 0.922. The van der Waals surface area contributed by atoms with Crippen molar-refractivity contribution in [2.24, 2.45) is 5.92 Å². The van der Waals surface area contributed by atoms with Gasteiger partial charge in [-0.1, -0.05) is 6.07 Å². The Morgan fingerprint density at radius 2 is 1.89 bits per heavy atom. The Labute approximate surface area is 109 Å². The number of alkyl halides is 3. The molecule has 1 aromatic rings. The van der Waals surface area contributed by atoms with Crippen molar-refractivity contribution in [3.8, 4) is 5.88 Å². The zero-order chi connectivity index (χ0) is 13.9. The molecule has 0 bridgehead atoms. The predicted octanol–water partition coefficient (Wildman–Crippen LogP) is 3.03. The van der Waals surface area contributed by atoms with Crippen LogP contribution in [0.5, 0.6) is 5.88 Å². The van der Waals surface area contributed by atoms with E-state index in [9.17, 15) is 13.2 Å². The van der Waals surface area contributed by atoms with Crippen molar-refractivity contribution in [1.29, 1.82) is 0 Å². The monoisotopic (exact) mass is 275 g/mol. The van der Waals surface area contributed by atoms with Crippen LogP contribution in [0.25, 0.3) is 0 Å². The van der Waals surface area contributed by atoms with E-state index in [0.29, 0.717) is 0 Å². The largest absolute Gasteiger partial charge is 0.474 e. The second-order valence-electron chi connectivity index (χ2n) is 4.80. The molecule has 1 aliphatic carbocycles. The fraction of sp³-hybridized carbons (Fsp3) is 0.615. The van der Waals surface area contributed by atoms with Gasteiger partial charge < -0.3 is 9.84 Å². The number of rotatable bonds is 3. The summed E-state index contributed by atoms with van der Waals surface area (Å²) in [5.41, 5.74) is -0.936. The van der Waals surface area contributed by atoms with Gasteiger partial charge in [0, 0.05) is 12.7 Å². The Kier molecular flexibility index (Phi) is 4.29. The van der Waals surface area contributed by atoms with Crippen LogP contribution in [0.2, 0.25) is 0 Å². The minimum Gasteiger partial charge on any atom is -0.474 e. The summed E-state index contributed by atoms with van der Waals surface area (Å²) >= 11 is 0. The molecule has 1 heterocycles. The van der Waals surface area contributed by atoms with E-state index in [1.165, 1.54) is 12.1 Å². The van der Waals surface area contributed by atoms with Crippen LogP contribution in [-0.2, 0) is 6.18 Å². The van der Waals surface area contributed by atoms with Crippen LogP contribution in [0.4, 0.5) is 13.2 Å². The Morgan fingerprint density at radius 1 is 1.21 bits per heavy atom. The highest BCUT2D eigenvalue weighted by Gasteiger charge is 2.33. The summed E-state index contributed by atoms with van der Waals surface area (Å²) < 4.78 is 43.0. The summed E-state index contributed by atoms with van der Waals surface area (Å²) in [6, 6.07) is 3.66. The van der Waals surface area contributed by atoms with Crippen LogP contribution in [0.3, 0.4) is 0 Å². The van der Waals surface area contributed by atoms with Crippen molar-refractivity contribution in [2.45, 2.75) is 38.0 Å². The van der Waals surface area contributed by atoms with Gasteiger partial charge >= 0.3 is 6.18 Å². The van der Waals surface area contributed by atoms with Crippen LogP contribution in [-0.4, -0.2) is 22.8 Å². The zero-order valence-corrected chi connectivity index (χ0v) is 10.4. The molecule has 2 rings (SSSR count). The molecule has 19 heavy (non-hydrogen) atoms. The van der Waals surface area contributed by atoms with Crippen LogP contribution >= 0.6 is 0 Å². The van der Waals surface area contributed by atoms with Crippen molar-refractivity contribution in [3.05, 3.63) is 23.9 Å². The number of aliphatic hydroxyl groups is 1. The van der Waals surface area contributed by atoms with Crippen LogP contribution in [0.1, 0.15) is 31.4 Å². The molecule has 1 fully saturated rings. The Balaban J connectivity index is 1.97. The topological polar surface area (TPSA) is 42.4 Å².